The number of likely N-dealkylation sites (tertiary alicyclic amines) is 1. The van der Waals surface area contributed by atoms with Crippen molar-refractivity contribution in [2.24, 2.45) is 5.92 Å². The Bertz CT molecular complexity index is 508. The Labute approximate surface area is 136 Å². The van der Waals surface area contributed by atoms with Crippen LogP contribution >= 0.6 is 0 Å². The molecule has 1 aliphatic heterocycles. The van der Waals surface area contributed by atoms with E-state index in [2.05, 4.69) is 43.2 Å². The van der Waals surface area contributed by atoms with E-state index in [-0.39, 0.29) is 0 Å². The summed E-state index contributed by atoms with van der Waals surface area (Å²) in [6.07, 6.45) is 20.0. The second-order valence-electron chi connectivity index (χ2n) is 7.36. The van der Waals surface area contributed by atoms with Crippen LogP contribution in [0.4, 0.5) is 0 Å². The molecular formula is C21H31N. The summed E-state index contributed by atoms with van der Waals surface area (Å²) < 4.78 is 0. The van der Waals surface area contributed by atoms with Crippen molar-refractivity contribution in [2.75, 3.05) is 20.1 Å². The molecule has 0 spiro atoms. The molecule has 1 fully saturated rings. The first-order chi connectivity index (χ1) is 10.7. The summed E-state index contributed by atoms with van der Waals surface area (Å²) in [6, 6.07) is 0. The zero-order chi connectivity index (χ0) is 15.4. The predicted octanol–water partition coefficient (Wildman–Crippen LogP) is 5.42. The third-order valence-electron chi connectivity index (χ3n) is 5.58. The van der Waals surface area contributed by atoms with E-state index in [0.29, 0.717) is 0 Å². The van der Waals surface area contributed by atoms with Crippen molar-refractivity contribution in [3.8, 4) is 0 Å². The minimum Gasteiger partial charge on any atom is -0.306 e. The van der Waals surface area contributed by atoms with Gasteiger partial charge in [-0.25, -0.2) is 0 Å². The van der Waals surface area contributed by atoms with Crippen LogP contribution in [0.5, 0.6) is 0 Å². The summed E-state index contributed by atoms with van der Waals surface area (Å²) in [5.41, 5.74) is 6.75. The summed E-state index contributed by atoms with van der Waals surface area (Å²) in [5.74, 6) is 0.779. The van der Waals surface area contributed by atoms with E-state index in [9.17, 15) is 0 Å². The van der Waals surface area contributed by atoms with Crippen LogP contribution in [0.1, 0.15) is 58.3 Å². The maximum atomic E-state index is 2.48. The molecule has 120 valence electrons. The molecule has 1 nitrogen and oxygen atoms in total. The SMILES string of the molecule is CC1=CC=C(C(=C2CCN(C)CC2)C2CC=CCC2)CCC1. The number of rotatable bonds is 2. The fourth-order valence-corrected chi connectivity index (χ4v) is 4.18. The molecule has 0 radical (unpaired) electrons. The minimum atomic E-state index is 0.779. The second kappa shape index (κ2) is 7.46. The van der Waals surface area contributed by atoms with Gasteiger partial charge in [0.2, 0.25) is 0 Å². The van der Waals surface area contributed by atoms with Gasteiger partial charge in [0.25, 0.3) is 0 Å². The minimum absolute atomic E-state index is 0.779. The molecule has 1 unspecified atom stereocenters. The highest BCUT2D eigenvalue weighted by Crippen LogP contribution is 2.38. The molecule has 0 bridgehead atoms. The van der Waals surface area contributed by atoms with Crippen LogP contribution < -0.4 is 0 Å². The van der Waals surface area contributed by atoms with Crippen molar-refractivity contribution in [1.29, 1.82) is 0 Å². The van der Waals surface area contributed by atoms with Gasteiger partial charge < -0.3 is 4.90 Å². The van der Waals surface area contributed by atoms with Crippen molar-refractivity contribution < 1.29 is 0 Å². The summed E-state index contributed by atoms with van der Waals surface area (Å²) in [6.45, 7) is 4.76. The first-order valence-corrected chi connectivity index (χ1v) is 9.16. The monoisotopic (exact) mass is 297 g/mol. The molecule has 22 heavy (non-hydrogen) atoms. The molecule has 1 heteroatoms. The van der Waals surface area contributed by atoms with Crippen molar-refractivity contribution in [1.82, 2.24) is 4.90 Å². The third kappa shape index (κ3) is 3.81. The number of nitrogens with zero attached hydrogens (tertiary/aromatic N) is 1. The quantitative estimate of drug-likeness (QED) is 0.615. The van der Waals surface area contributed by atoms with Crippen molar-refractivity contribution in [3.63, 3.8) is 0 Å². The lowest BCUT2D eigenvalue weighted by Crippen LogP contribution is -2.28. The van der Waals surface area contributed by atoms with Gasteiger partial charge in [-0.3, -0.25) is 0 Å². The van der Waals surface area contributed by atoms with Gasteiger partial charge in [0, 0.05) is 13.1 Å². The van der Waals surface area contributed by atoms with Gasteiger partial charge in [-0.15, -0.1) is 0 Å². The highest BCUT2D eigenvalue weighted by Gasteiger charge is 2.24. The molecule has 2 aliphatic carbocycles. The molecule has 0 aromatic heterocycles. The van der Waals surface area contributed by atoms with Crippen molar-refractivity contribution >= 4 is 0 Å². The van der Waals surface area contributed by atoms with Gasteiger partial charge in [0.1, 0.15) is 0 Å². The van der Waals surface area contributed by atoms with E-state index in [4.69, 9.17) is 0 Å². The number of allylic oxidation sites excluding steroid dienone is 7. The van der Waals surface area contributed by atoms with Gasteiger partial charge in [-0.2, -0.15) is 0 Å². The Kier molecular flexibility index (Phi) is 5.36. The standard InChI is InChI=1S/C21H31N/c1-17-7-6-10-19(12-11-17)21(18-8-4-3-5-9-18)20-13-15-22(2)16-14-20/h3-4,11-12,18H,5-10,13-16H2,1-2H3. The Morgan fingerprint density at radius 3 is 2.59 bits per heavy atom. The zero-order valence-electron chi connectivity index (χ0n) is 14.4. The summed E-state index contributed by atoms with van der Waals surface area (Å²) in [4.78, 5) is 2.48. The van der Waals surface area contributed by atoms with Crippen LogP contribution in [-0.2, 0) is 0 Å². The molecule has 0 amide bonds. The number of hydrogen-bond acceptors (Lipinski definition) is 1. The topological polar surface area (TPSA) is 3.24 Å². The highest BCUT2D eigenvalue weighted by molar-refractivity contribution is 5.42. The van der Waals surface area contributed by atoms with Crippen LogP contribution in [0.15, 0.2) is 46.6 Å². The van der Waals surface area contributed by atoms with Gasteiger partial charge in [0.05, 0.1) is 0 Å². The normalized spacial score (nSPS) is 27.2. The van der Waals surface area contributed by atoms with Crippen molar-refractivity contribution in [3.05, 3.63) is 46.6 Å². The van der Waals surface area contributed by atoms with Crippen LogP contribution in [0.2, 0.25) is 0 Å². The maximum absolute atomic E-state index is 2.48. The molecule has 1 atom stereocenters. The molecule has 0 aromatic rings. The molecule has 0 N–H and O–H groups in total. The average molecular weight is 297 g/mol. The number of piperidine rings is 1. The fraction of sp³-hybridized carbons (Fsp3) is 0.619. The molecule has 3 aliphatic rings. The van der Waals surface area contributed by atoms with E-state index >= 15 is 0 Å². The first-order valence-electron chi connectivity index (χ1n) is 9.16. The molecule has 0 saturated carbocycles. The molecule has 0 aromatic carbocycles. The van der Waals surface area contributed by atoms with E-state index in [1.807, 2.05) is 0 Å². The van der Waals surface area contributed by atoms with Crippen LogP contribution in [-0.4, -0.2) is 25.0 Å². The smallest absolute Gasteiger partial charge is 0.00159 e. The molecule has 3 rings (SSSR count). The average Bonchev–Trinajstić information content (AvgIpc) is 2.76. The summed E-state index contributed by atoms with van der Waals surface area (Å²) >= 11 is 0. The van der Waals surface area contributed by atoms with E-state index in [1.54, 1.807) is 22.3 Å². The Morgan fingerprint density at radius 2 is 1.86 bits per heavy atom. The van der Waals surface area contributed by atoms with Crippen LogP contribution in [0.25, 0.3) is 0 Å². The lowest BCUT2D eigenvalue weighted by Gasteiger charge is -2.31. The van der Waals surface area contributed by atoms with Gasteiger partial charge in [-0.05, 0) is 82.4 Å². The molecule has 1 saturated heterocycles. The Hall–Kier alpha value is -1.08. The number of hydrogen-bond donors (Lipinski definition) is 0. The molecule has 1 heterocycles. The van der Waals surface area contributed by atoms with Gasteiger partial charge >= 0.3 is 0 Å². The van der Waals surface area contributed by atoms with E-state index < -0.39 is 0 Å². The predicted molar refractivity (Wildman–Crippen MR) is 95.9 cm³/mol. The second-order valence-corrected chi connectivity index (χ2v) is 7.36. The van der Waals surface area contributed by atoms with Crippen LogP contribution in [0.3, 0.4) is 0 Å². The maximum Gasteiger partial charge on any atom is 0.00159 e. The van der Waals surface area contributed by atoms with Crippen molar-refractivity contribution in [2.45, 2.75) is 58.3 Å². The highest BCUT2D eigenvalue weighted by atomic mass is 15.1. The fourth-order valence-electron chi connectivity index (χ4n) is 4.18. The lowest BCUT2D eigenvalue weighted by molar-refractivity contribution is 0.309. The Balaban J connectivity index is 1.92. The summed E-state index contributed by atoms with van der Waals surface area (Å²) in [7, 11) is 2.26. The van der Waals surface area contributed by atoms with E-state index in [0.717, 1.165) is 5.92 Å². The van der Waals surface area contributed by atoms with Crippen LogP contribution in [0, 0.1) is 5.92 Å². The Morgan fingerprint density at radius 1 is 1.05 bits per heavy atom. The van der Waals surface area contributed by atoms with Gasteiger partial charge in [-0.1, -0.05) is 35.5 Å². The zero-order valence-corrected chi connectivity index (χ0v) is 14.4. The van der Waals surface area contributed by atoms with Gasteiger partial charge in [0.15, 0.2) is 0 Å². The largest absolute Gasteiger partial charge is 0.306 e. The third-order valence-corrected chi connectivity index (χ3v) is 5.58. The van der Waals surface area contributed by atoms with E-state index in [1.165, 1.54) is 64.5 Å². The summed E-state index contributed by atoms with van der Waals surface area (Å²) in [5, 5.41) is 0. The lowest BCUT2D eigenvalue weighted by atomic mass is 9.78. The molecular weight excluding hydrogens is 266 g/mol. The first kappa shape index (κ1) is 15.8.